The summed E-state index contributed by atoms with van der Waals surface area (Å²) in [4.78, 5) is 34.4. The van der Waals surface area contributed by atoms with Crippen LogP contribution in [-0.4, -0.2) is 78.6 Å². The van der Waals surface area contributed by atoms with Crippen molar-refractivity contribution >= 4 is 17.6 Å². The molecule has 3 aliphatic rings. The molecule has 0 saturated carbocycles. The van der Waals surface area contributed by atoms with Crippen LogP contribution in [0.15, 0.2) is 64.7 Å². The lowest BCUT2D eigenvalue weighted by atomic mass is 10.0. The fourth-order valence-electron chi connectivity index (χ4n) is 5.05. The first kappa shape index (κ1) is 27.1. The normalized spacial score (nSPS) is 21.3. The van der Waals surface area contributed by atoms with E-state index in [2.05, 4.69) is 20.1 Å². The molecule has 13 heteroatoms. The molecule has 2 atom stereocenters. The molecular weight excluding hydrogens is 527 g/mol. The van der Waals surface area contributed by atoms with Gasteiger partial charge in [0, 0.05) is 56.9 Å². The summed E-state index contributed by atoms with van der Waals surface area (Å²) in [5, 5.41) is 15.4. The second kappa shape index (κ2) is 11.3. The Balaban J connectivity index is 1.10. The largest absolute Gasteiger partial charge is 0.493 e. The fourth-order valence-corrected chi connectivity index (χ4v) is 5.05. The lowest BCUT2D eigenvalue weighted by Crippen LogP contribution is -2.49. The third-order valence-electron chi connectivity index (χ3n) is 7.22. The number of amides is 2. The van der Waals surface area contributed by atoms with Gasteiger partial charge in [0.1, 0.15) is 17.6 Å². The lowest BCUT2D eigenvalue weighted by Gasteiger charge is -2.35. The van der Waals surface area contributed by atoms with E-state index < -0.39 is 18.0 Å². The van der Waals surface area contributed by atoms with Gasteiger partial charge in [0.2, 0.25) is 0 Å². The molecule has 5 rings (SSSR count). The van der Waals surface area contributed by atoms with E-state index in [9.17, 15) is 22.8 Å². The maximum atomic E-state index is 13.4. The molecule has 208 valence electrons. The van der Waals surface area contributed by atoms with E-state index in [4.69, 9.17) is 10.00 Å². The SMILES string of the molecule is N#Cc1ccc(N2CCN(C(=O)c3ccc(OCC4CCN(C5=CN=NC(=O)C5C(F)(F)F)C4)cc3)CC2)nc1. The molecule has 3 aliphatic heterocycles. The van der Waals surface area contributed by atoms with Crippen LogP contribution in [0, 0.1) is 23.2 Å². The summed E-state index contributed by atoms with van der Waals surface area (Å²) >= 11 is 0. The number of halogens is 3. The van der Waals surface area contributed by atoms with Crippen molar-refractivity contribution in [2.75, 3.05) is 50.8 Å². The van der Waals surface area contributed by atoms with Crippen molar-refractivity contribution in [1.29, 1.82) is 5.26 Å². The number of benzene rings is 1. The third kappa shape index (κ3) is 5.90. The van der Waals surface area contributed by atoms with E-state index in [1.165, 1.54) is 11.1 Å². The van der Waals surface area contributed by atoms with Crippen molar-refractivity contribution in [3.05, 3.63) is 65.6 Å². The Labute approximate surface area is 228 Å². The number of azo groups is 1. The number of hydrogen-bond acceptors (Lipinski definition) is 8. The minimum absolute atomic E-state index is 0.0352. The second-order valence-corrected chi connectivity index (χ2v) is 9.81. The molecule has 0 N–H and O–H groups in total. The van der Waals surface area contributed by atoms with Crippen LogP contribution in [0.2, 0.25) is 0 Å². The summed E-state index contributed by atoms with van der Waals surface area (Å²) in [5.74, 6) is -2.38. The van der Waals surface area contributed by atoms with Crippen molar-refractivity contribution < 1.29 is 27.5 Å². The van der Waals surface area contributed by atoms with E-state index in [1.54, 1.807) is 41.3 Å². The predicted molar refractivity (Wildman–Crippen MR) is 136 cm³/mol. The first-order chi connectivity index (χ1) is 19.2. The molecule has 1 aromatic heterocycles. The number of carbonyl (C=O) groups excluding carboxylic acids is 2. The monoisotopic (exact) mass is 553 g/mol. The first-order valence-corrected chi connectivity index (χ1v) is 12.8. The molecule has 40 heavy (non-hydrogen) atoms. The molecule has 4 heterocycles. The molecule has 2 fully saturated rings. The number of hydrogen-bond donors (Lipinski definition) is 0. The Kier molecular flexibility index (Phi) is 7.68. The van der Waals surface area contributed by atoms with Crippen LogP contribution in [0.25, 0.3) is 0 Å². The van der Waals surface area contributed by atoms with Gasteiger partial charge in [-0.25, -0.2) is 4.98 Å². The number of anilines is 1. The second-order valence-electron chi connectivity index (χ2n) is 9.81. The van der Waals surface area contributed by atoms with Crippen LogP contribution >= 0.6 is 0 Å². The van der Waals surface area contributed by atoms with Gasteiger partial charge in [0.05, 0.1) is 24.1 Å². The standard InChI is InChI=1S/C27H26F3N7O3/c28-27(29,30)24-22(15-33-34-25(24)38)37-8-7-19(16-37)17-40-21-4-2-20(3-5-21)26(39)36-11-9-35(10-12-36)23-6-1-18(13-31)14-32-23/h1-6,14-15,19,24H,7-12,16-17H2. The van der Waals surface area contributed by atoms with Gasteiger partial charge >= 0.3 is 6.18 Å². The highest BCUT2D eigenvalue weighted by Gasteiger charge is 2.50. The number of piperazine rings is 1. The van der Waals surface area contributed by atoms with Crippen molar-refractivity contribution in [2.45, 2.75) is 12.6 Å². The Morgan fingerprint density at radius 2 is 1.80 bits per heavy atom. The number of ether oxygens (including phenoxy) is 1. The minimum Gasteiger partial charge on any atom is -0.493 e. The summed E-state index contributed by atoms with van der Waals surface area (Å²) in [6, 6.07) is 12.4. The van der Waals surface area contributed by atoms with Crippen molar-refractivity contribution in [3.63, 3.8) is 0 Å². The maximum Gasteiger partial charge on any atom is 0.406 e. The van der Waals surface area contributed by atoms with E-state index in [0.717, 1.165) is 12.0 Å². The zero-order chi connectivity index (χ0) is 28.3. The molecule has 0 bridgehead atoms. The average molecular weight is 554 g/mol. The molecule has 1 aromatic carbocycles. The highest BCUT2D eigenvalue weighted by Crippen LogP contribution is 2.38. The molecule has 0 radical (unpaired) electrons. The number of likely N-dealkylation sites (tertiary alicyclic amines) is 1. The Morgan fingerprint density at radius 3 is 2.45 bits per heavy atom. The zero-order valence-corrected chi connectivity index (χ0v) is 21.4. The molecule has 2 saturated heterocycles. The Hall–Kier alpha value is -4.47. The van der Waals surface area contributed by atoms with E-state index in [1.807, 2.05) is 6.07 Å². The molecule has 0 spiro atoms. The smallest absolute Gasteiger partial charge is 0.406 e. The molecule has 2 amide bonds. The summed E-state index contributed by atoms with van der Waals surface area (Å²) < 4.78 is 46.1. The van der Waals surface area contributed by atoms with Crippen molar-refractivity contribution in [2.24, 2.45) is 22.1 Å². The molecule has 2 unspecified atom stereocenters. The minimum atomic E-state index is -4.73. The van der Waals surface area contributed by atoms with Crippen LogP contribution in [0.4, 0.5) is 19.0 Å². The van der Waals surface area contributed by atoms with Crippen LogP contribution in [0.5, 0.6) is 5.75 Å². The number of alkyl halides is 3. The maximum absolute atomic E-state index is 13.4. The number of nitrogens with zero attached hydrogens (tertiary/aromatic N) is 7. The van der Waals surface area contributed by atoms with Gasteiger partial charge in [-0.15, -0.1) is 5.11 Å². The summed E-state index contributed by atoms with van der Waals surface area (Å²) in [6.45, 7) is 3.28. The van der Waals surface area contributed by atoms with Crippen LogP contribution in [-0.2, 0) is 4.79 Å². The number of rotatable bonds is 6. The number of carbonyl (C=O) groups is 2. The zero-order valence-electron chi connectivity index (χ0n) is 21.4. The van der Waals surface area contributed by atoms with Crippen molar-refractivity contribution in [1.82, 2.24) is 14.8 Å². The highest BCUT2D eigenvalue weighted by molar-refractivity contribution is 5.94. The van der Waals surface area contributed by atoms with Gasteiger partial charge in [-0.3, -0.25) is 9.59 Å². The van der Waals surface area contributed by atoms with Gasteiger partial charge < -0.3 is 19.4 Å². The van der Waals surface area contributed by atoms with Crippen LogP contribution < -0.4 is 9.64 Å². The number of nitriles is 1. The lowest BCUT2D eigenvalue weighted by molar-refractivity contribution is -0.176. The van der Waals surface area contributed by atoms with Crippen LogP contribution in [0.1, 0.15) is 22.3 Å². The quantitative estimate of drug-likeness (QED) is 0.537. The van der Waals surface area contributed by atoms with Gasteiger partial charge in [0.15, 0.2) is 5.92 Å². The van der Waals surface area contributed by atoms with Crippen molar-refractivity contribution in [3.8, 4) is 11.8 Å². The van der Waals surface area contributed by atoms with E-state index in [-0.39, 0.29) is 24.1 Å². The highest BCUT2D eigenvalue weighted by atomic mass is 19.4. The summed E-state index contributed by atoms with van der Waals surface area (Å²) in [7, 11) is 0. The topological polar surface area (TPSA) is 114 Å². The third-order valence-corrected chi connectivity index (χ3v) is 7.22. The van der Waals surface area contributed by atoms with Gasteiger partial charge in [-0.2, -0.15) is 23.5 Å². The predicted octanol–water partition coefficient (Wildman–Crippen LogP) is 3.63. The molecule has 10 nitrogen and oxygen atoms in total. The van der Waals surface area contributed by atoms with Gasteiger partial charge in [-0.05, 0) is 42.8 Å². The Morgan fingerprint density at radius 1 is 1.05 bits per heavy atom. The van der Waals surface area contributed by atoms with E-state index in [0.29, 0.717) is 62.6 Å². The molecule has 0 aliphatic carbocycles. The summed E-state index contributed by atoms with van der Waals surface area (Å²) in [5.41, 5.74) is 0.856. The number of pyridine rings is 1. The molecular formula is C27H26F3N7O3. The van der Waals surface area contributed by atoms with Gasteiger partial charge in [0.25, 0.3) is 11.8 Å². The molecule has 2 aromatic rings. The van der Waals surface area contributed by atoms with Gasteiger partial charge in [-0.1, -0.05) is 0 Å². The Bertz CT molecular complexity index is 1350. The van der Waals surface area contributed by atoms with E-state index >= 15 is 0 Å². The first-order valence-electron chi connectivity index (χ1n) is 12.8. The summed E-state index contributed by atoms with van der Waals surface area (Å²) in [6.07, 6.45) is -1.58. The fraction of sp³-hybridized carbons (Fsp3) is 0.407. The van der Waals surface area contributed by atoms with Crippen LogP contribution in [0.3, 0.4) is 0 Å². The number of aromatic nitrogens is 1. The average Bonchev–Trinajstić information content (AvgIpc) is 3.44.